The Hall–Kier alpha value is -3.39. The molecule has 3 aromatic rings. The van der Waals surface area contributed by atoms with Crippen LogP contribution in [0.15, 0.2) is 48.8 Å². The molecule has 2 aromatic heterocycles. The molecule has 1 fully saturated rings. The van der Waals surface area contributed by atoms with Crippen molar-refractivity contribution in [1.29, 1.82) is 0 Å². The number of ether oxygens (including phenoxy) is 1. The Morgan fingerprint density at radius 2 is 2.00 bits per heavy atom. The summed E-state index contributed by atoms with van der Waals surface area (Å²) in [5, 5.41) is 2.79. The van der Waals surface area contributed by atoms with Gasteiger partial charge in [0.15, 0.2) is 0 Å². The second kappa shape index (κ2) is 8.92. The number of rotatable bonds is 4. The summed E-state index contributed by atoms with van der Waals surface area (Å²) in [6, 6.07) is 11.2. The van der Waals surface area contributed by atoms with Crippen LogP contribution in [0.5, 0.6) is 0 Å². The van der Waals surface area contributed by atoms with E-state index in [1.807, 2.05) is 13.0 Å². The molecule has 1 aromatic carbocycles. The summed E-state index contributed by atoms with van der Waals surface area (Å²) >= 11 is 0. The molecule has 2 aliphatic rings. The molecule has 0 spiro atoms. The van der Waals surface area contributed by atoms with Crippen LogP contribution in [0.25, 0.3) is 11.1 Å². The van der Waals surface area contributed by atoms with Crippen molar-refractivity contribution in [2.45, 2.75) is 46.1 Å². The molecule has 188 valence electrons. The minimum absolute atomic E-state index is 0.110. The van der Waals surface area contributed by atoms with E-state index in [0.29, 0.717) is 18.3 Å². The average molecular weight is 493 g/mol. The van der Waals surface area contributed by atoms with Gasteiger partial charge in [-0.2, -0.15) is 8.78 Å². The van der Waals surface area contributed by atoms with Crippen LogP contribution in [0, 0.1) is 12.3 Å². The molecule has 0 unspecified atom stereocenters. The summed E-state index contributed by atoms with van der Waals surface area (Å²) in [6.07, 6.45) is 3.77. The van der Waals surface area contributed by atoms with E-state index in [9.17, 15) is 13.6 Å². The standard InChI is InChI=1S/C28H30F2N4O2/c1-17-22(13-21(15-32-17)33-26(35)19-7-8-31-24(12-19)28(4,29)30)18-5-6-20-14-27(2,3)25-16-36-10-9-34(25)23(20)11-18/h5-8,11-13,15,25H,9-10,14,16H2,1-4H3,(H,33,35)/t25-/m0/s1. The maximum atomic E-state index is 13.7. The molecule has 0 saturated carbocycles. The second-order valence-corrected chi connectivity index (χ2v) is 10.4. The number of alkyl halides is 2. The molecule has 1 atom stereocenters. The molecule has 5 rings (SSSR count). The Labute approximate surface area is 209 Å². The van der Waals surface area contributed by atoms with Gasteiger partial charge >= 0.3 is 0 Å². The van der Waals surface area contributed by atoms with Crippen molar-refractivity contribution in [2.75, 3.05) is 30.0 Å². The number of hydrogen-bond donors (Lipinski definition) is 1. The highest BCUT2D eigenvalue weighted by Gasteiger charge is 2.41. The lowest BCUT2D eigenvalue weighted by atomic mass is 9.74. The molecular formula is C28H30F2N4O2. The number of hydrogen-bond acceptors (Lipinski definition) is 5. The molecule has 2 aliphatic heterocycles. The summed E-state index contributed by atoms with van der Waals surface area (Å²) in [5.41, 5.74) is 5.56. The van der Waals surface area contributed by atoms with Crippen molar-refractivity contribution in [3.05, 3.63) is 71.3 Å². The number of morpholine rings is 1. The number of nitrogens with one attached hydrogen (secondary N) is 1. The van der Waals surface area contributed by atoms with E-state index < -0.39 is 17.5 Å². The molecule has 8 heteroatoms. The zero-order chi connectivity index (χ0) is 25.7. The van der Waals surface area contributed by atoms with Crippen LogP contribution in [0.3, 0.4) is 0 Å². The van der Waals surface area contributed by atoms with Gasteiger partial charge in [0.05, 0.1) is 31.1 Å². The van der Waals surface area contributed by atoms with Gasteiger partial charge in [-0.05, 0) is 54.2 Å². The van der Waals surface area contributed by atoms with Gasteiger partial charge in [-0.25, -0.2) is 0 Å². The molecule has 0 radical (unpaired) electrons. The van der Waals surface area contributed by atoms with Crippen LogP contribution in [-0.4, -0.2) is 41.7 Å². The van der Waals surface area contributed by atoms with Crippen LogP contribution in [0.2, 0.25) is 0 Å². The lowest BCUT2D eigenvalue weighted by molar-refractivity contribution is 0.0127. The van der Waals surface area contributed by atoms with Crippen LogP contribution in [0.1, 0.15) is 48.1 Å². The predicted molar refractivity (Wildman–Crippen MR) is 136 cm³/mol. The average Bonchev–Trinajstić information content (AvgIpc) is 2.84. The first-order valence-electron chi connectivity index (χ1n) is 12.1. The molecule has 1 saturated heterocycles. The number of carbonyl (C=O) groups is 1. The van der Waals surface area contributed by atoms with Crippen molar-refractivity contribution in [3.63, 3.8) is 0 Å². The Bertz CT molecular complexity index is 1320. The summed E-state index contributed by atoms with van der Waals surface area (Å²) in [4.78, 5) is 23.4. The zero-order valence-corrected chi connectivity index (χ0v) is 20.9. The molecular weight excluding hydrogens is 462 g/mol. The Kier molecular flexibility index (Phi) is 6.03. The molecule has 36 heavy (non-hydrogen) atoms. The molecule has 0 bridgehead atoms. The molecule has 1 amide bonds. The quantitative estimate of drug-likeness (QED) is 0.513. The molecule has 6 nitrogen and oxygen atoms in total. The van der Waals surface area contributed by atoms with Crippen LogP contribution >= 0.6 is 0 Å². The zero-order valence-electron chi connectivity index (χ0n) is 20.9. The van der Waals surface area contributed by atoms with E-state index in [0.717, 1.165) is 49.4 Å². The van der Waals surface area contributed by atoms with Crippen molar-refractivity contribution < 1.29 is 18.3 Å². The number of fused-ring (bicyclic) bond motifs is 3. The van der Waals surface area contributed by atoms with E-state index in [1.165, 1.54) is 23.5 Å². The first-order valence-corrected chi connectivity index (χ1v) is 12.1. The highest BCUT2D eigenvalue weighted by atomic mass is 19.3. The molecule has 1 N–H and O–H groups in total. The van der Waals surface area contributed by atoms with Gasteiger partial charge in [0.2, 0.25) is 0 Å². The fourth-order valence-electron chi connectivity index (χ4n) is 5.21. The van der Waals surface area contributed by atoms with Gasteiger partial charge in [0.1, 0.15) is 5.69 Å². The first kappa shape index (κ1) is 24.3. The lowest BCUT2D eigenvalue weighted by Gasteiger charge is -2.50. The summed E-state index contributed by atoms with van der Waals surface area (Å²) in [5.74, 6) is -3.63. The Morgan fingerprint density at radius 1 is 1.19 bits per heavy atom. The van der Waals surface area contributed by atoms with E-state index in [-0.39, 0.29) is 11.0 Å². The van der Waals surface area contributed by atoms with E-state index in [1.54, 1.807) is 6.20 Å². The Morgan fingerprint density at radius 3 is 2.78 bits per heavy atom. The second-order valence-electron chi connectivity index (χ2n) is 10.4. The van der Waals surface area contributed by atoms with E-state index in [2.05, 4.69) is 52.2 Å². The number of aryl methyl sites for hydroxylation is 1. The van der Waals surface area contributed by atoms with Crippen molar-refractivity contribution in [1.82, 2.24) is 9.97 Å². The molecule has 4 heterocycles. The van der Waals surface area contributed by atoms with E-state index in [4.69, 9.17) is 4.74 Å². The maximum absolute atomic E-state index is 13.7. The normalized spacial score (nSPS) is 18.8. The van der Waals surface area contributed by atoms with Crippen LogP contribution < -0.4 is 10.2 Å². The topological polar surface area (TPSA) is 67.4 Å². The van der Waals surface area contributed by atoms with Gasteiger partial charge in [-0.15, -0.1) is 0 Å². The van der Waals surface area contributed by atoms with Crippen molar-refractivity contribution in [3.8, 4) is 11.1 Å². The smallest absolute Gasteiger partial charge is 0.286 e. The van der Waals surface area contributed by atoms with Gasteiger partial charge in [-0.1, -0.05) is 26.0 Å². The third kappa shape index (κ3) is 4.57. The number of benzene rings is 1. The SMILES string of the molecule is Cc1ncc(NC(=O)c2ccnc(C(C)(F)F)c2)cc1-c1ccc2c(c1)N1CCOC[C@H]1C(C)(C)C2. The van der Waals surface area contributed by atoms with Gasteiger partial charge in [0.25, 0.3) is 11.8 Å². The highest BCUT2D eigenvalue weighted by molar-refractivity contribution is 6.04. The van der Waals surface area contributed by atoms with Gasteiger partial charge in [-0.3, -0.25) is 14.8 Å². The maximum Gasteiger partial charge on any atom is 0.286 e. The van der Waals surface area contributed by atoms with Crippen molar-refractivity contribution in [2.24, 2.45) is 5.41 Å². The fraction of sp³-hybridized carbons (Fsp3) is 0.393. The number of nitrogens with zero attached hydrogens (tertiary/aromatic N) is 3. The summed E-state index contributed by atoms with van der Waals surface area (Å²) in [7, 11) is 0. The largest absolute Gasteiger partial charge is 0.377 e. The van der Waals surface area contributed by atoms with E-state index >= 15 is 0 Å². The van der Waals surface area contributed by atoms with Crippen LogP contribution in [-0.2, 0) is 17.1 Å². The van der Waals surface area contributed by atoms with Crippen molar-refractivity contribution >= 4 is 17.3 Å². The number of pyridine rings is 2. The van der Waals surface area contributed by atoms with Gasteiger partial charge in [0, 0.05) is 42.2 Å². The highest BCUT2D eigenvalue weighted by Crippen LogP contribution is 2.43. The van der Waals surface area contributed by atoms with Crippen LogP contribution in [0.4, 0.5) is 20.2 Å². The minimum Gasteiger partial charge on any atom is -0.377 e. The first-order chi connectivity index (χ1) is 17.0. The lowest BCUT2D eigenvalue weighted by Crippen LogP contribution is -2.56. The third-order valence-electron chi connectivity index (χ3n) is 7.20. The summed E-state index contributed by atoms with van der Waals surface area (Å²) < 4.78 is 33.1. The van der Waals surface area contributed by atoms with Gasteiger partial charge < -0.3 is 15.0 Å². The molecule has 0 aliphatic carbocycles. The predicted octanol–water partition coefficient (Wildman–Crippen LogP) is 5.60. The number of amides is 1. The monoisotopic (exact) mass is 492 g/mol. The number of halogens is 2. The Balaban J connectivity index is 1.44. The third-order valence-corrected chi connectivity index (χ3v) is 7.20. The fourth-order valence-corrected chi connectivity index (χ4v) is 5.21. The summed E-state index contributed by atoms with van der Waals surface area (Å²) in [6.45, 7) is 9.56. The number of carbonyl (C=O) groups excluding carboxylic acids is 1. The number of anilines is 2. The minimum atomic E-state index is -3.13. The number of aromatic nitrogens is 2.